The smallest absolute Gasteiger partial charge is 0.433 e. The molecule has 3 rings (SSSR count). The van der Waals surface area contributed by atoms with Gasteiger partial charge in [0.05, 0.1) is 12.2 Å². The van der Waals surface area contributed by atoms with Crippen LogP contribution in [0.1, 0.15) is 34.8 Å². The lowest BCUT2D eigenvalue weighted by Crippen LogP contribution is -2.15. The van der Waals surface area contributed by atoms with Crippen LogP contribution < -0.4 is 5.32 Å². The number of hydrogen-bond acceptors (Lipinski definition) is 7. The Morgan fingerprint density at radius 2 is 1.91 bits per heavy atom. The van der Waals surface area contributed by atoms with E-state index in [2.05, 4.69) is 5.32 Å². The van der Waals surface area contributed by atoms with E-state index in [0.717, 1.165) is 11.0 Å². The first-order valence-electron chi connectivity index (χ1n) is 9.49. The largest absolute Gasteiger partial charge is 0.459 e. The molecule has 0 radical (unpaired) electrons. The second-order valence-electron chi connectivity index (χ2n) is 6.95. The molecule has 0 saturated heterocycles. The van der Waals surface area contributed by atoms with Crippen molar-refractivity contribution in [3.8, 4) is 11.1 Å². The van der Waals surface area contributed by atoms with Crippen LogP contribution in [0, 0.1) is 22.9 Å². The average Bonchev–Trinajstić information content (AvgIpc) is 3.31. The molecule has 10 heteroatoms. The molecule has 1 aromatic carbocycles. The van der Waals surface area contributed by atoms with Gasteiger partial charge in [0, 0.05) is 16.5 Å². The Balaban J connectivity index is 1.92. The highest BCUT2D eigenvalue weighted by Gasteiger charge is 2.26. The molecule has 2 heterocycles. The van der Waals surface area contributed by atoms with E-state index in [1.165, 1.54) is 41.7 Å². The SMILES string of the molecule is Cc1sc(NC(=O)/C=C\c2ccc([N+](=O)[O-])o2)c(C(=O)OC(C)C)c1-c1ccc(F)cc1. The Hall–Kier alpha value is -3.79. The fourth-order valence-corrected chi connectivity index (χ4v) is 3.97. The number of amides is 1. The maximum atomic E-state index is 13.4. The van der Waals surface area contributed by atoms with Crippen molar-refractivity contribution in [2.45, 2.75) is 26.9 Å². The van der Waals surface area contributed by atoms with E-state index in [9.17, 15) is 24.1 Å². The van der Waals surface area contributed by atoms with Gasteiger partial charge in [-0.3, -0.25) is 14.9 Å². The third kappa shape index (κ3) is 5.27. The molecule has 0 fully saturated rings. The van der Waals surface area contributed by atoms with Crippen molar-refractivity contribution in [2.24, 2.45) is 0 Å². The summed E-state index contributed by atoms with van der Waals surface area (Å²) in [6.45, 7) is 5.19. The van der Waals surface area contributed by atoms with Gasteiger partial charge in [-0.2, -0.15) is 0 Å². The van der Waals surface area contributed by atoms with E-state index in [4.69, 9.17) is 9.15 Å². The summed E-state index contributed by atoms with van der Waals surface area (Å²) in [6, 6.07) is 8.20. The van der Waals surface area contributed by atoms with Crippen molar-refractivity contribution in [1.82, 2.24) is 0 Å². The zero-order valence-corrected chi connectivity index (χ0v) is 18.2. The van der Waals surface area contributed by atoms with Crippen molar-refractivity contribution in [3.05, 3.63) is 74.6 Å². The van der Waals surface area contributed by atoms with Gasteiger partial charge in [0.25, 0.3) is 0 Å². The summed E-state index contributed by atoms with van der Waals surface area (Å²) in [6.07, 6.45) is 2.02. The van der Waals surface area contributed by atoms with E-state index in [0.29, 0.717) is 11.1 Å². The molecule has 8 nitrogen and oxygen atoms in total. The molecular weight excluding hydrogens is 439 g/mol. The molecule has 1 N–H and O–H groups in total. The number of aryl methyl sites for hydroxylation is 1. The summed E-state index contributed by atoms with van der Waals surface area (Å²) in [7, 11) is 0. The lowest BCUT2D eigenvalue weighted by atomic mass is 10.0. The van der Waals surface area contributed by atoms with E-state index in [1.807, 2.05) is 0 Å². The molecule has 1 amide bonds. The van der Waals surface area contributed by atoms with E-state index >= 15 is 0 Å². The normalized spacial score (nSPS) is 11.2. The minimum absolute atomic E-state index is 0.126. The molecule has 2 aromatic heterocycles. The summed E-state index contributed by atoms with van der Waals surface area (Å²) in [5, 5.41) is 13.6. The standard InChI is InChI=1S/C22H19FN2O6S/c1-12(2)30-22(27)20-19(14-4-6-15(23)7-5-14)13(3)32-21(20)24-17(26)10-8-16-9-11-18(31-16)25(28)29/h4-12H,1-3H3,(H,24,26)/b10-8-. The van der Waals surface area contributed by atoms with Crippen LogP contribution >= 0.6 is 11.3 Å². The first kappa shape index (κ1) is 22.9. The molecule has 0 unspecified atom stereocenters. The average molecular weight is 458 g/mol. The number of carbonyl (C=O) groups excluding carboxylic acids is 2. The molecular formula is C22H19FN2O6S. The molecule has 0 saturated carbocycles. The van der Waals surface area contributed by atoms with Crippen LogP contribution in [0.3, 0.4) is 0 Å². The fraction of sp³-hybridized carbons (Fsp3) is 0.182. The molecule has 3 aromatic rings. The molecule has 0 atom stereocenters. The molecule has 0 aliphatic heterocycles. The van der Waals surface area contributed by atoms with E-state index in [1.54, 1.807) is 32.9 Å². The maximum absolute atomic E-state index is 13.4. The maximum Gasteiger partial charge on any atom is 0.433 e. The number of anilines is 1. The van der Waals surface area contributed by atoms with Crippen molar-refractivity contribution < 1.29 is 28.1 Å². The Morgan fingerprint density at radius 3 is 2.50 bits per heavy atom. The van der Waals surface area contributed by atoms with Gasteiger partial charge >= 0.3 is 11.9 Å². The highest BCUT2D eigenvalue weighted by atomic mass is 32.1. The molecule has 166 valence electrons. The number of halogens is 1. The number of furan rings is 1. The van der Waals surface area contributed by atoms with Gasteiger partial charge in [0.2, 0.25) is 5.91 Å². The van der Waals surface area contributed by atoms with Gasteiger partial charge < -0.3 is 14.5 Å². The van der Waals surface area contributed by atoms with Crippen LogP contribution in [0.15, 0.2) is 46.9 Å². The van der Waals surface area contributed by atoms with Crippen LogP contribution in [0.2, 0.25) is 0 Å². The van der Waals surface area contributed by atoms with Gasteiger partial charge in [-0.15, -0.1) is 11.3 Å². The minimum Gasteiger partial charge on any atom is -0.459 e. The summed E-state index contributed by atoms with van der Waals surface area (Å²) >= 11 is 1.18. The number of nitrogens with zero attached hydrogens (tertiary/aromatic N) is 1. The van der Waals surface area contributed by atoms with Crippen molar-refractivity contribution in [1.29, 1.82) is 0 Å². The Bertz CT molecular complexity index is 1190. The Labute approximate surface area is 186 Å². The molecule has 0 aliphatic carbocycles. The second-order valence-corrected chi connectivity index (χ2v) is 8.18. The zero-order chi connectivity index (χ0) is 23.4. The quantitative estimate of drug-likeness (QED) is 0.214. The van der Waals surface area contributed by atoms with Crippen molar-refractivity contribution in [3.63, 3.8) is 0 Å². The molecule has 0 aliphatic rings. The van der Waals surface area contributed by atoms with Gasteiger partial charge in [0.15, 0.2) is 0 Å². The van der Waals surface area contributed by atoms with Crippen LogP contribution in [0.25, 0.3) is 17.2 Å². The Morgan fingerprint density at radius 1 is 1.22 bits per heavy atom. The van der Waals surface area contributed by atoms with Crippen LogP contribution in [0.4, 0.5) is 15.3 Å². The summed E-state index contributed by atoms with van der Waals surface area (Å²) in [5.74, 6) is -1.92. The van der Waals surface area contributed by atoms with Crippen molar-refractivity contribution in [2.75, 3.05) is 5.32 Å². The van der Waals surface area contributed by atoms with Crippen LogP contribution in [-0.2, 0) is 9.53 Å². The highest BCUT2D eigenvalue weighted by molar-refractivity contribution is 7.17. The zero-order valence-electron chi connectivity index (χ0n) is 17.4. The minimum atomic E-state index is -0.685. The third-order valence-electron chi connectivity index (χ3n) is 4.19. The number of ether oxygens (including phenoxy) is 1. The number of nitrogens with one attached hydrogen (secondary N) is 1. The predicted octanol–water partition coefficient (Wildman–Crippen LogP) is 5.58. The molecule has 32 heavy (non-hydrogen) atoms. The summed E-state index contributed by atoms with van der Waals surface area (Å²) in [5.41, 5.74) is 1.32. The second kappa shape index (κ2) is 9.56. The number of nitro groups is 1. The topological polar surface area (TPSA) is 112 Å². The predicted molar refractivity (Wildman–Crippen MR) is 118 cm³/mol. The lowest BCUT2D eigenvalue weighted by molar-refractivity contribution is -0.402. The summed E-state index contributed by atoms with van der Waals surface area (Å²) < 4.78 is 23.7. The fourth-order valence-electron chi connectivity index (χ4n) is 2.91. The number of benzene rings is 1. The Kier molecular flexibility index (Phi) is 6.84. The number of hydrogen-bond donors (Lipinski definition) is 1. The van der Waals surface area contributed by atoms with E-state index < -0.39 is 28.5 Å². The number of rotatable bonds is 7. The van der Waals surface area contributed by atoms with Gasteiger partial charge in [-0.25, -0.2) is 9.18 Å². The van der Waals surface area contributed by atoms with Crippen LogP contribution in [-0.4, -0.2) is 22.9 Å². The first-order chi connectivity index (χ1) is 15.2. The third-order valence-corrected chi connectivity index (χ3v) is 5.21. The first-order valence-corrected chi connectivity index (χ1v) is 10.3. The monoisotopic (exact) mass is 458 g/mol. The number of carbonyl (C=O) groups is 2. The molecule has 0 bridgehead atoms. The highest BCUT2D eigenvalue weighted by Crippen LogP contribution is 2.40. The lowest BCUT2D eigenvalue weighted by Gasteiger charge is -2.11. The van der Waals surface area contributed by atoms with Crippen LogP contribution in [0.5, 0.6) is 0 Å². The number of esters is 1. The molecule has 0 spiro atoms. The van der Waals surface area contributed by atoms with Gasteiger partial charge in [-0.05, 0) is 50.6 Å². The summed E-state index contributed by atoms with van der Waals surface area (Å²) in [4.78, 5) is 36.0. The number of thiophene rings is 1. The van der Waals surface area contributed by atoms with Gasteiger partial charge in [-0.1, -0.05) is 12.1 Å². The van der Waals surface area contributed by atoms with E-state index in [-0.39, 0.29) is 22.4 Å². The van der Waals surface area contributed by atoms with Gasteiger partial charge in [0.1, 0.15) is 27.1 Å². The van der Waals surface area contributed by atoms with Crippen molar-refractivity contribution >= 4 is 40.2 Å².